The van der Waals surface area contributed by atoms with Crippen LogP contribution >= 0.6 is 0 Å². The molecule has 4 heteroatoms. The van der Waals surface area contributed by atoms with Gasteiger partial charge in [-0.2, -0.15) is 0 Å². The normalized spacial score (nSPS) is 19.9. The van der Waals surface area contributed by atoms with Crippen LogP contribution in [-0.2, 0) is 11.2 Å². The summed E-state index contributed by atoms with van der Waals surface area (Å²) >= 11 is 0. The predicted molar refractivity (Wildman–Crippen MR) is 68.8 cm³/mol. The first-order chi connectivity index (χ1) is 8.68. The summed E-state index contributed by atoms with van der Waals surface area (Å²) in [6.45, 7) is 4.46. The van der Waals surface area contributed by atoms with Crippen LogP contribution in [0.3, 0.4) is 0 Å². The molecule has 0 aromatic heterocycles. The van der Waals surface area contributed by atoms with E-state index in [0.717, 1.165) is 19.6 Å². The number of hydrogen-bond donors (Lipinski definition) is 1. The van der Waals surface area contributed by atoms with Gasteiger partial charge in [-0.15, -0.1) is 0 Å². The van der Waals surface area contributed by atoms with Gasteiger partial charge in [0.05, 0.1) is 0 Å². The van der Waals surface area contributed by atoms with E-state index in [4.69, 9.17) is 0 Å². The molecule has 1 amide bonds. The van der Waals surface area contributed by atoms with Crippen molar-refractivity contribution in [1.29, 1.82) is 0 Å². The number of nitrogens with one attached hydrogen (secondary N) is 1. The molecule has 3 nitrogen and oxygen atoms in total. The molecule has 1 fully saturated rings. The molecular formula is C14H19FN2O. The minimum absolute atomic E-state index is 0.118. The summed E-state index contributed by atoms with van der Waals surface area (Å²) in [7, 11) is 0. The molecule has 98 valence electrons. The molecule has 1 aliphatic rings. The zero-order valence-electron chi connectivity index (χ0n) is 10.7. The van der Waals surface area contributed by atoms with Crippen molar-refractivity contribution < 1.29 is 9.18 Å². The molecule has 0 saturated carbocycles. The lowest BCUT2D eigenvalue weighted by Gasteiger charge is -2.34. The quantitative estimate of drug-likeness (QED) is 0.883. The third-order valence-corrected chi connectivity index (χ3v) is 3.39. The Labute approximate surface area is 107 Å². The minimum atomic E-state index is -0.223. The van der Waals surface area contributed by atoms with Crippen LogP contribution in [0.15, 0.2) is 24.3 Å². The van der Waals surface area contributed by atoms with E-state index in [1.807, 2.05) is 11.8 Å². The highest BCUT2D eigenvalue weighted by molar-refractivity contribution is 5.77. The summed E-state index contributed by atoms with van der Waals surface area (Å²) in [4.78, 5) is 14.0. The fraction of sp³-hybridized carbons (Fsp3) is 0.500. The SMILES string of the molecule is CC1CNCCN1C(=O)CCc1ccccc1F. The van der Waals surface area contributed by atoms with E-state index in [9.17, 15) is 9.18 Å². The number of benzene rings is 1. The third kappa shape index (κ3) is 3.07. The van der Waals surface area contributed by atoms with Gasteiger partial charge in [-0.1, -0.05) is 18.2 Å². The molecule has 1 saturated heterocycles. The molecule has 1 heterocycles. The van der Waals surface area contributed by atoms with Gasteiger partial charge in [-0.25, -0.2) is 4.39 Å². The molecule has 1 N–H and O–H groups in total. The van der Waals surface area contributed by atoms with Crippen molar-refractivity contribution in [2.24, 2.45) is 0 Å². The Morgan fingerprint density at radius 1 is 1.50 bits per heavy atom. The lowest BCUT2D eigenvalue weighted by molar-refractivity contribution is -0.133. The van der Waals surface area contributed by atoms with Crippen LogP contribution in [0.4, 0.5) is 4.39 Å². The summed E-state index contributed by atoms with van der Waals surface area (Å²) in [5.41, 5.74) is 0.619. The molecule has 2 rings (SSSR count). The highest BCUT2D eigenvalue weighted by atomic mass is 19.1. The first kappa shape index (κ1) is 13.0. The Kier molecular flexibility index (Phi) is 4.31. The van der Waals surface area contributed by atoms with E-state index < -0.39 is 0 Å². The molecule has 1 unspecified atom stereocenters. The molecule has 0 bridgehead atoms. The maximum absolute atomic E-state index is 13.4. The lowest BCUT2D eigenvalue weighted by Crippen LogP contribution is -2.52. The van der Waals surface area contributed by atoms with Gasteiger partial charge >= 0.3 is 0 Å². The topological polar surface area (TPSA) is 32.3 Å². The van der Waals surface area contributed by atoms with Crippen LogP contribution in [0.5, 0.6) is 0 Å². The van der Waals surface area contributed by atoms with Gasteiger partial charge in [0.15, 0.2) is 0 Å². The zero-order chi connectivity index (χ0) is 13.0. The summed E-state index contributed by atoms with van der Waals surface area (Å²) in [6, 6.07) is 6.87. The Bertz CT molecular complexity index is 422. The number of amides is 1. The van der Waals surface area contributed by atoms with Gasteiger partial charge in [0.1, 0.15) is 5.82 Å². The van der Waals surface area contributed by atoms with Crippen LogP contribution < -0.4 is 5.32 Å². The fourth-order valence-electron chi connectivity index (χ4n) is 2.30. The highest BCUT2D eigenvalue weighted by Crippen LogP contribution is 2.11. The first-order valence-corrected chi connectivity index (χ1v) is 6.42. The molecular weight excluding hydrogens is 231 g/mol. The fourth-order valence-corrected chi connectivity index (χ4v) is 2.30. The minimum Gasteiger partial charge on any atom is -0.337 e. The highest BCUT2D eigenvalue weighted by Gasteiger charge is 2.22. The largest absolute Gasteiger partial charge is 0.337 e. The number of carbonyl (C=O) groups is 1. The van der Waals surface area contributed by atoms with Gasteiger partial charge < -0.3 is 10.2 Å². The smallest absolute Gasteiger partial charge is 0.223 e. The molecule has 1 aliphatic heterocycles. The van der Waals surface area contributed by atoms with Crippen molar-refractivity contribution in [2.45, 2.75) is 25.8 Å². The van der Waals surface area contributed by atoms with Crippen molar-refractivity contribution in [3.05, 3.63) is 35.6 Å². The Hall–Kier alpha value is -1.42. The lowest BCUT2D eigenvalue weighted by atomic mass is 10.1. The maximum Gasteiger partial charge on any atom is 0.223 e. The maximum atomic E-state index is 13.4. The van der Waals surface area contributed by atoms with E-state index in [2.05, 4.69) is 5.32 Å². The van der Waals surface area contributed by atoms with Crippen molar-refractivity contribution in [3.8, 4) is 0 Å². The van der Waals surface area contributed by atoms with Gasteiger partial charge in [0, 0.05) is 32.1 Å². The monoisotopic (exact) mass is 250 g/mol. The Morgan fingerprint density at radius 3 is 3.00 bits per heavy atom. The number of nitrogens with zero attached hydrogens (tertiary/aromatic N) is 1. The van der Waals surface area contributed by atoms with Crippen LogP contribution in [-0.4, -0.2) is 36.5 Å². The number of rotatable bonds is 3. The van der Waals surface area contributed by atoms with Crippen molar-refractivity contribution in [3.63, 3.8) is 0 Å². The predicted octanol–water partition coefficient (Wildman–Crippen LogP) is 1.58. The molecule has 1 atom stereocenters. The van der Waals surface area contributed by atoms with Crippen molar-refractivity contribution in [2.75, 3.05) is 19.6 Å². The summed E-state index contributed by atoms with van der Waals surface area (Å²) in [5.74, 6) is -0.106. The van der Waals surface area contributed by atoms with Gasteiger partial charge in [0.25, 0.3) is 0 Å². The standard InChI is InChI=1S/C14H19FN2O/c1-11-10-16-8-9-17(11)14(18)7-6-12-4-2-3-5-13(12)15/h2-5,11,16H,6-10H2,1H3. The number of carbonyl (C=O) groups excluding carboxylic acids is 1. The summed E-state index contributed by atoms with van der Waals surface area (Å²) in [5, 5.41) is 3.25. The van der Waals surface area contributed by atoms with Gasteiger partial charge in [-0.3, -0.25) is 4.79 Å². The average molecular weight is 250 g/mol. The van der Waals surface area contributed by atoms with Crippen LogP contribution in [0.2, 0.25) is 0 Å². The van der Waals surface area contributed by atoms with Gasteiger partial charge in [0.2, 0.25) is 5.91 Å². The number of hydrogen-bond acceptors (Lipinski definition) is 2. The van der Waals surface area contributed by atoms with Crippen LogP contribution in [0, 0.1) is 5.82 Å². The number of aryl methyl sites for hydroxylation is 1. The molecule has 1 aromatic rings. The van der Waals surface area contributed by atoms with E-state index in [1.165, 1.54) is 6.07 Å². The second-order valence-electron chi connectivity index (χ2n) is 4.73. The summed E-state index contributed by atoms with van der Waals surface area (Å²) < 4.78 is 13.4. The summed E-state index contributed by atoms with van der Waals surface area (Å²) in [6.07, 6.45) is 0.855. The Morgan fingerprint density at radius 2 is 2.28 bits per heavy atom. The van der Waals surface area contributed by atoms with Gasteiger partial charge in [-0.05, 0) is 25.0 Å². The van der Waals surface area contributed by atoms with Crippen LogP contribution in [0.1, 0.15) is 18.9 Å². The molecule has 0 radical (unpaired) electrons. The molecule has 0 aliphatic carbocycles. The second kappa shape index (κ2) is 5.96. The van der Waals surface area contributed by atoms with Crippen molar-refractivity contribution in [1.82, 2.24) is 10.2 Å². The van der Waals surface area contributed by atoms with E-state index in [1.54, 1.807) is 18.2 Å². The average Bonchev–Trinajstić information content (AvgIpc) is 2.38. The van der Waals surface area contributed by atoms with Crippen LogP contribution in [0.25, 0.3) is 0 Å². The van der Waals surface area contributed by atoms with E-state index in [0.29, 0.717) is 18.4 Å². The molecule has 0 spiro atoms. The molecule has 18 heavy (non-hydrogen) atoms. The number of piperazine rings is 1. The van der Waals surface area contributed by atoms with Crippen molar-refractivity contribution >= 4 is 5.91 Å². The first-order valence-electron chi connectivity index (χ1n) is 6.42. The zero-order valence-corrected chi connectivity index (χ0v) is 10.7. The van der Waals surface area contributed by atoms with E-state index in [-0.39, 0.29) is 17.8 Å². The Balaban J connectivity index is 1.90. The molecule has 1 aromatic carbocycles. The second-order valence-corrected chi connectivity index (χ2v) is 4.73. The number of halogens is 1. The third-order valence-electron chi connectivity index (χ3n) is 3.39. The van der Waals surface area contributed by atoms with E-state index >= 15 is 0 Å².